The predicted molar refractivity (Wildman–Crippen MR) is 66.1 cm³/mol. The first-order valence-corrected chi connectivity index (χ1v) is 5.39. The van der Waals surface area contributed by atoms with Crippen LogP contribution in [0.2, 0.25) is 0 Å². The molecule has 1 heterocycles. The number of carboxylic acid groups (broad SMARTS) is 1. The molecule has 96 valence electrons. The van der Waals surface area contributed by atoms with Crippen molar-refractivity contribution in [2.45, 2.75) is 0 Å². The second-order valence-electron chi connectivity index (χ2n) is 3.74. The number of carboxylic acids is 1. The van der Waals surface area contributed by atoms with Crippen LogP contribution in [0.25, 0.3) is 11.8 Å². The van der Waals surface area contributed by atoms with E-state index in [1.165, 1.54) is 18.2 Å². The van der Waals surface area contributed by atoms with Crippen molar-refractivity contribution in [3.63, 3.8) is 0 Å². The fraction of sp³-hybridized carbons (Fsp3) is 0. The van der Waals surface area contributed by atoms with Crippen molar-refractivity contribution < 1.29 is 14.8 Å². The van der Waals surface area contributed by atoms with Crippen LogP contribution in [0.3, 0.4) is 0 Å². The summed E-state index contributed by atoms with van der Waals surface area (Å²) in [5.41, 5.74) is 1.22. The Morgan fingerprint density at radius 3 is 2.74 bits per heavy atom. The third-order valence-corrected chi connectivity index (χ3v) is 2.51. The molecule has 0 atom stereocenters. The fourth-order valence-corrected chi connectivity index (χ4v) is 1.69. The Morgan fingerprint density at radius 2 is 2.05 bits per heavy atom. The maximum Gasteiger partial charge on any atom is 0.236 e. The molecule has 0 radical (unpaired) electrons. The predicted octanol–water partition coefficient (Wildman–Crippen LogP) is 1.09. The van der Waals surface area contributed by atoms with Gasteiger partial charge in [-0.15, -0.1) is 0 Å². The number of carbonyl (C=O) groups excluding carboxylic acids is 1. The van der Waals surface area contributed by atoms with Crippen LogP contribution in [0.1, 0.15) is 16.1 Å². The monoisotopic (exact) mass is 257 g/mol. The van der Waals surface area contributed by atoms with Gasteiger partial charge in [0.2, 0.25) is 6.20 Å². The Hall–Kier alpha value is -2.89. The van der Waals surface area contributed by atoms with Crippen LogP contribution in [0.4, 0.5) is 0 Å². The molecule has 2 aromatic rings. The molecular weight excluding hydrogens is 248 g/mol. The summed E-state index contributed by atoms with van der Waals surface area (Å²) in [7, 11) is 0. The van der Waals surface area contributed by atoms with Crippen molar-refractivity contribution in [3.05, 3.63) is 70.2 Å². The van der Waals surface area contributed by atoms with E-state index in [0.717, 1.165) is 6.20 Å². The number of rotatable bonds is 4. The van der Waals surface area contributed by atoms with Crippen LogP contribution in [-0.4, -0.2) is 15.5 Å². The molecule has 0 spiro atoms. The number of hydrogen-bond acceptors (Lipinski definition) is 4. The molecule has 0 saturated carbocycles. The molecule has 0 N–H and O–H groups in total. The summed E-state index contributed by atoms with van der Waals surface area (Å²) in [6, 6.07) is 9.56. The first-order valence-electron chi connectivity index (χ1n) is 5.39. The third-order valence-electron chi connectivity index (χ3n) is 2.51. The molecule has 1 aromatic heterocycles. The van der Waals surface area contributed by atoms with Gasteiger partial charge in [0.15, 0.2) is 0 Å². The van der Waals surface area contributed by atoms with Crippen LogP contribution < -0.4 is 5.11 Å². The number of aromatic nitrogens is 1. The second-order valence-corrected chi connectivity index (χ2v) is 3.74. The fourth-order valence-electron chi connectivity index (χ4n) is 1.69. The molecule has 0 aliphatic carbocycles. The highest BCUT2D eigenvalue weighted by atomic mass is 16.6. The first kappa shape index (κ1) is 12.6. The Kier molecular flexibility index (Phi) is 3.42. The van der Waals surface area contributed by atoms with Gasteiger partial charge in [-0.3, -0.25) is 10.1 Å². The normalized spacial score (nSPS) is 10.7. The van der Waals surface area contributed by atoms with Gasteiger partial charge < -0.3 is 14.5 Å². The largest absolute Gasteiger partial charge is 0.545 e. The van der Waals surface area contributed by atoms with E-state index < -0.39 is 10.9 Å². The summed E-state index contributed by atoms with van der Waals surface area (Å²) in [5, 5.41) is 21.1. The number of nitro groups is 1. The van der Waals surface area contributed by atoms with E-state index in [0.29, 0.717) is 11.4 Å². The first-order chi connectivity index (χ1) is 9.08. The Balaban J connectivity index is 2.42. The smallest absolute Gasteiger partial charge is 0.236 e. The number of hydrogen-bond donors (Lipinski definition) is 0. The number of aromatic carboxylic acids is 1. The highest BCUT2D eigenvalue weighted by Crippen LogP contribution is 2.15. The molecule has 1 aromatic carbocycles. The zero-order valence-electron chi connectivity index (χ0n) is 9.72. The van der Waals surface area contributed by atoms with E-state index in [9.17, 15) is 20.0 Å². The van der Waals surface area contributed by atoms with Crippen LogP contribution in [-0.2, 0) is 0 Å². The van der Waals surface area contributed by atoms with E-state index in [1.54, 1.807) is 35.0 Å². The van der Waals surface area contributed by atoms with Crippen LogP contribution in [0, 0.1) is 10.1 Å². The van der Waals surface area contributed by atoms with Crippen molar-refractivity contribution in [2.24, 2.45) is 0 Å². The second kappa shape index (κ2) is 5.18. The minimum Gasteiger partial charge on any atom is -0.545 e. The van der Waals surface area contributed by atoms with Crippen LogP contribution >= 0.6 is 0 Å². The van der Waals surface area contributed by atoms with Gasteiger partial charge in [-0.1, -0.05) is 12.1 Å². The summed E-state index contributed by atoms with van der Waals surface area (Å²) in [6.07, 6.45) is 3.86. The summed E-state index contributed by atoms with van der Waals surface area (Å²) in [5.74, 6) is -1.27. The quantitative estimate of drug-likeness (QED) is 0.605. The minimum absolute atomic E-state index is 0.0513. The summed E-state index contributed by atoms with van der Waals surface area (Å²) in [6.45, 7) is 0. The molecule has 6 heteroatoms. The van der Waals surface area contributed by atoms with Gasteiger partial charge >= 0.3 is 0 Å². The van der Waals surface area contributed by atoms with E-state index in [4.69, 9.17) is 0 Å². The highest BCUT2D eigenvalue weighted by molar-refractivity contribution is 5.86. The zero-order valence-corrected chi connectivity index (χ0v) is 9.72. The van der Waals surface area contributed by atoms with E-state index in [1.807, 2.05) is 0 Å². The number of benzene rings is 1. The zero-order chi connectivity index (χ0) is 13.8. The maximum absolute atomic E-state index is 10.8. The van der Waals surface area contributed by atoms with Gasteiger partial charge in [0.05, 0.1) is 16.6 Å². The van der Waals surface area contributed by atoms with Gasteiger partial charge in [-0.25, -0.2) is 0 Å². The van der Waals surface area contributed by atoms with E-state index in [-0.39, 0.29) is 5.56 Å². The molecule has 0 bridgehead atoms. The van der Waals surface area contributed by atoms with Crippen molar-refractivity contribution in [3.8, 4) is 5.69 Å². The van der Waals surface area contributed by atoms with Gasteiger partial charge in [0.25, 0.3) is 0 Å². The standard InChI is InChI=1S/C13H10N2O4/c16-13(17)10-3-1-4-12(9-10)14-7-2-5-11(14)6-8-15(18)19/h1-9H,(H,16,17)/p-1/b8-6+. The lowest BCUT2D eigenvalue weighted by Gasteiger charge is -2.09. The van der Waals surface area contributed by atoms with E-state index >= 15 is 0 Å². The lowest BCUT2D eigenvalue weighted by molar-refractivity contribution is -0.401. The molecule has 6 nitrogen and oxygen atoms in total. The molecular formula is C13H9N2O4-. The molecule has 0 aliphatic heterocycles. The van der Waals surface area contributed by atoms with Gasteiger partial charge in [0, 0.05) is 18.0 Å². The SMILES string of the molecule is O=C([O-])c1cccc(-n2cccc2/C=C/[N+](=O)[O-])c1. The summed E-state index contributed by atoms with van der Waals surface area (Å²) < 4.78 is 1.65. The molecule has 0 aliphatic rings. The minimum atomic E-state index is -1.27. The third kappa shape index (κ3) is 2.86. The van der Waals surface area contributed by atoms with Crippen molar-refractivity contribution in [2.75, 3.05) is 0 Å². The number of nitrogens with zero attached hydrogens (tertiary/aromatic N) is 2. The molecule has 0 fully saturated rings. The summed E-state index contributed by atoms with van der Waals surface area (Å²) >= 11 is 0. The van der Waals surface area contributed by atoms with E-state index in [2.05, 4.69) is 0 Å². The molecule has 0 amide bonds. The molecule has 19 heavy (non-hydrogen) atoms. The molecule has 0 unspecified atom stereocenters. The van der Waals surface area contributed by atoms with Crippen molar-refractivity contribution in [1.29, 1.82) is 0 Å². The van der Waals surface area contributed by atoms with Gasteiger partial charge in [0.1, 0.15) is 0 Å². The van der Waals surface area contributed by atoms with Crippen LogP contribution in [0.5, 0.6) is 0 Å². The average Bonchev–Trinajstić information content (AvgIpc) is 2.84. The topological polar surface area (TPSA) is 88.2 Å². The lowest BCUT2D eigenvalue weighted by atomic mass is 10.2. The maximum atomic E-state index is 10.8. The Morgan fingerprint density at radius 1 is 1.26 bits per heavy atom. The highest BCUT2D eigenvalue weighted by Gasteiger charge is 2.03. The lowest BCUT2D eigenvalue weighted by Crippen LogP contribution is -2.22. The number of carbonyl (C=O) groups is 1. The Bertz CT molecular complexity index is 658. The van der Waals surface area contributed by atoms with Crippen molar-refractivity contribution in [1.82, 2.24) is 4.57 Å². The average molecular weight is 257 g/mol. The van der Waals surface area contributed by atoms with Gasteiger partial charge in [-0.05, 0) is 29.8 Å². The van der Waals surface area contributed by atoms with Gasteiger partial charge in [-0.2, -0.15) is 0 Å². The van der Waals surface area contributed by atoms with Crippen LogP contribution in [0.15, 0.2) is 48.8 Å². The Labute approximate surface area is 108 Å². The molecule has 2 rings (SSSR count). The molecule has 0 saturated heterocycles. The van der Waals surface area contributed by atoms with Crippen molar-refractivity contribution >= 4 is 12.0 Å². The summed E-state index contributed by atoms with van der Waals surface area (Å²) in [4.78, 5) is 20.5.